The van der Waals surface area contributed by atoms with Gasteiger partial charge in [0.1, 0.15) is 0 Å². The van der Waals surface area contributed by atoms with Crippen LogP contribution in [0.25, 0.3) is 22.4 Å². The molecule has 0 saturated heterocycles. The van der Waals surface area contributed by atoms with Crippen LogP contribution in [0.3, 0.4) is 0 Å². The summed E-state index contributed by atoms with van der Waals surface area (Å²) in [4.78, 5) is 18.3. The molecule has 0 aliphatic carbocycles. The van der Waals surface area contributed by atoms with E-state index in [2.05, 4.69) is 35.1 Å². The Hall–Kier alpha value is -3.06. The summed E-state index contributed by atoms with van der Waals surface area (Å²) in [7, 11) is 0. The van der Waals surface area contributed by atoms with Crippen molar-refractivity contribution in [3.05, 3.63) is 65.4 Å². The summed E-state index contributed by atoms with van der Waals surface area (Å²) >= 11 is 1.27. The Morgan fingerprint density at radius 2 is 1.84 bits per heavy atom. The highest BCUT2D eigenvalue weighted by Crippen LogP contribution is 2.29. The van der Waals surface area contributed by atoms with Crippen molar-refractivity contribution >= 4 is 28.6 Å². The first-order valence-corrected chi connectivity index (χ1v) is 11.6. The van der Waals surface area contributed by atoms with Crippen molar-refractivity contribution in [3.63, 3.8) is 0 Å². The average molecular weight is 449 g/mol. The number of H-pyrrole nitrogens is 1. The summed E-state index contributed by atoms with van der Waals surface area (Å²) in [6, 6.07) is 16.1. The molecule has 0 bridgehead atoms. The van der Waals surface area contributed by atoms with Crippen LogP contribution in [0.1, 0.15) is 37.6 Å². The molecular weight excluding hydrogens is 420 g/mol. The highest BCUT2D eigenvalue weighted by molar-refractivity contribution is 7.99. The second kappa shape index (κ2) is 8.82. The number of aryl methyl sites for hydroxylation is 2. The number of hydrogen-bond acceptors (Lipinski definition) is 5. The maximum absolute atomic E-state index is 13.0. The third-order valence-corrected chi connectivity index (χ3v) is 6.38. The molecule has 2 aromatic carbocycles. The Kier molecular flexibility index (Phi) is 6.11. The molecule has 0 aliphatic rings. The molecule has 0 spiro atoms. The molecule has 2 heterocycles. The standard InChI is InChI=1S/C25H28N4O2S/c1-16-17(2)26-21-12-11-19(13-20(16)21)23-27-28-24(31-23)32-15-22(30)29(25(3,4)5)14-18-9-7-6-8-10-18/h6-13,26H,14-15H2,1-5H3. The molecule has 0 radical (unpaired) electrons. The molecule has 0 unspecified atom stereocenters. The number of nitrogens with zero attached hydrogens (tertiary/aromatic N) is 3. The fraction of sp³-hybridized carbons (Fsp3) is 0.320. The van der Waals surface area contributed by atoms with Crippen molar-refractivity contribution in [1.82, 2.24) is 20.1 Å². The van der Waals surface area contributed by atoms with Gasteiger partial charge in [0.2, 0.25) is 11.8 Å². The van der Waals surface area contributed by atoms with Gasteiger partial charge in [0.15, 0.2) is 0 Å². The lowest BCUT2D eigenvalue weighted by atomic mass is 10.0. The van der Waals surface area contributed by atoms with Gasteiger partial charge in [-0.3, -0.25) is 4.79 Å². The van der Waals surface area contributed by atoms with Gasteiger partial charge in [-0.25, -0.2) is 0 Å². The van der Waals surface area contributed by atoms with Crippen molar-refractivity contribution in [2.75, 3.05) is 5.75 Å². The smallest absolute Gasteiger partial charge is 0.277 e. The zero-order valence-corrected chi connectivity index (χ0v) is 19.9. The number of hydrogen-bond donors (Lipinski definition) is 1. The van der Waals surface area contributed by atoms with E-state index in [0.29, 0.717) is 17.7 Å². The Morgan fingerprint density at radius 3 is 2.56 bits per heavy atom. The largest absolute Gasteiger partial charge is 0.411 e. The Balaban J connectivity index is 1.46. The SMILES string of the molecule is Cc1[nH]c2ccc(-c3nnc(SCC(=O)N(Cc4ccccc4)C(C)(C)C)o3)cc2c1C. The summed E-state index contributed by atoms with van der Waals surface area (Å²) in [6.07, 6.45) is 0. The first kappa shape index (κ1) is 22.1. The Labute approximate surface area is 192 Å². The molecule has 1 N–H and O–H groups in total. The fourth-order valence-corrected chi connectivity index (χ4v) is 4.29. The number of benzene rings is 2. The Morgan fingerprint density at radius 1 is 1.09 bits per heavy atom. The monoisotopic (exact) mass is 448 g/mol. The number of nitrogens with one attached hydrogen (secondary N) is 1. The molecule has 2 aromatic heterocycles. The van der Waals surface area contributed by atoms with Crippen LogP contribution in [0.4, 0.5) is 0 Å². The van der Waals surface area contributed by atoms with Gasteiger partial charge in [0, 0.05) is 34.2 Å². The van der Waals surface area contributed by atoms with Gasteiger partial charge < -0.3 is 14.3 Å². The van der Waals surface area contributed by atoms with Gasteiger partial charge in [0.25, 0.3) is 5.22 Å². The minimum atomic E-state index is -0.296. The van der Waals surface area contributed by atoms with Crippen LogP contribution < -0.4 is 0 Å². The lowest BCUT2D eigenvalue weighted by molar-refractivity contribution is -0.133. The second-order valence-corrected chi connectivity index (χ2v) is 9.86. The maximum atomic E-state index is 13.0. The van der Waals surface area contributed by atoms with Gasteiger partial charge >= 0.3 is 0 Å². The molecule has 0 saturated carbocycles. The number of thioether (sulfide) groups is 1. The number of amides is 1. The molecule has 0 atom stereocenters. The van der Waals surface area contributed by atoms with Crippen LogP contribution in [-0.2, 0) is 11.3 Å². The normalized spacial score (nSPS) is 11.8. The van der Waals surface area contributed by atoms with Crippen LogP contribution in [0.15, 0.2) is 58.2 Å². The molecule has 4 rings (SSSR count). The van der Waals surface area contributed by atoms with E-state index < -0.39 is 0 Å². The van der Waals surface area contributed by atoms with Crippen LogP contribution in [0.5, 0.6) is 0 Å². The third kappa shape index (κ3) is 4.72. The van der Waals surface area contributed by atoms with Crippen molar-refractivity contribution in [3.8, 4) is 11.5 Å². The quantitative estimate of drug-likeness (QED) is 0.380. The van der Waals surface area contributed by atoms with Gasteiger partial charge in [0.05, 0.1) is 5.75 Å². The van der Waals surface area contributed by atoms with Crippen molar-refractivity contribution < 1.29 is 9.21 Å². The summed E-state index contributed by atoms with van der Waals surface area (Å²) in [5.41, 5.74) is 5.12. The molecule has 1 amide bonds. The number of carbonyl (C=O) groups is 1. The number of rotatable bonds is 6. The van der Waals surface area contributed by atoms with E-state index in [9.17, 15) is 4.79 Å². The van der Waals surface area contributed by atoms with Crippen LogP contribution in [0, 0.1) is 13.8 Å². The molecule has 166 valence electrons. The predicted octanol–water partition coefficient (Wildman–Crippen LogP) is 5.75. The average Bonchev–Trinajstić information content (AvgIpc) is 3.35. The zero-order valence-electron chi connectivity index (χ0n) is 19.1. The predicted molar refractivity (Wildman–Crippen MR) is 129 cm³/mol. The molecule has 4 aromatic rings. The molecule has 32 heavy (non-hydrogen) atoms. The van der Waals surface area contributed by atoms with E-state index in [4.69, 9.17) is 4.42 Å². The molecule has 6 nitrogen and oxygen atoms in total. The van der Waals surface area contributed by atoms with Crippen LogP contribution >= 0.6 is 11.8 Å². The maximum Gasteiger partial charge on any atom is 0.277 e. The topological polar surface area (TPSA) is 75.0 Å². The minimum Gasteiger partial charge on any atom is -0.411 e. The van der Waals surface area contributed by atoms with Crippen molar-refractivity contribution in [2.24, 2.45) is 0 Å². The summed E-state index contributed by atoms with van der Waals surface area (Å²) in [5, 5.41) is 9.88. The van der Waals surface area contributed by atoms with E-state index in [1.165, 1.54) is 17.3 Å². The number of aromatic nitrogens is 3. The molecule has 7 heteroatoms. The molecule has 0 fully saturated rings. The number of fused-ring (bicyclic) bond motifs is 1. The lowest BCUT2D eigenvalue weighted by Crippen LogP contribution is -2.45. The Bertz CT molecular complexity index is 1240. The van der Waals surface area contributed by atoms with Gasteiger partial charge in [-0.2, -0.15) is 0 Å². The summed E-state index contributed by atoms with van der Waals surface area (Å²) in [6.45, 7) is 10.9. The van der Waals surface area contributed by atoms with Crippen LogP contribution in [0.2, 0.25) is 0 Å². The minimum absolute atomic E-state index is 0.0333. The highest BCUT2D eigenvalue weighted by Gasteiger charge is 2.27. The third-order valence-electron chi connectivity index (χ3n) is 5.58. The summed E-state index contributed by atoms with van der Waals surface area (Å²) < 4.78 is 5.86. The van der Waals surface area contributed by atoms with E-state index in [0.717, 1.165) is 27.7 Å². The van der Waals surface area contributed by atoms with Crippen molar-refractivity contribution in [1.29, 1.82) is 0 Å². The highest BCUT2D eigenvalue weighted by atomic mass is 32.2. The van der Waals surface area contributed by atoms with Crippen molar-refractivity contribution in [2.45, 2.75) is 51.9 Å². The first-order chi connectivity index (χ1) is 15.2. The van der Waals surface area contributed by atoms with Gasteiger partial charge in [-0.1, -0.05) is 42.1 Å². The van der Waals surface area contributed by atoms with Gasteiger partial charge in [-0.05, 0) is 63.9 Å². The number of carbonyl (C=O) groups excluding carboxylic acids is 1. The lowest BCUT2D eigenvalue weighted by Gasteiger charge is -2.35. The second-order valence-electron chi connectivity index (χ2n) is 8.93. The molecule has 0 aliphatic heterocycles. The van der Waals surface area contributed by atoms with E-state index >= 15 is 0 Å². The zero-order chi connectivity index (χ0) is 22.9. The first-order valence-electron chi connectivity index (χ1n) is 10.6. The van der Waals surface area contributed by atoms with Crippen LogP contribution in [-0.4, -0.2) is 37.3 Å². The number of aromatic amines is 1. The fourth-order valence-electron chi connectivity index (χ4n) is 3.65. The molecular formula is C25H28N4O2S. The van der Waals surface area contributed by atoms with E-state index in [1.54, 1.807) is 0 Å². The van der Waals surface area contributed by atoms with E-state index in [1.807, 2.05) is 68.1 Å². The van der Waals surface area contributed by atoms with E-state index in [-0.39, 0.29) is 17.2 Å². The van der Waals surface area contributed by atoms with Gasteiger partial charge in [-0.15, -0.1) is 10.2 Å². The summed E-state index contributed by atoms with van der Waals surface area (Å²) in [5.74, 6) is 0.726.